The summed E-state index contributed by atoms with van der Waals surface area (Å²) in [6.45, 7) is 0.548. The average molecular weight is 439 g/mol. The Hall–Kier alpha value is -3.82. The Labute approximate surface area is 183 Å². The van der Waals surface area contributed by atoms with E-state index in [1.54, 1.807) is 47.2 Å². The van der Waals surface area contributed by atoms with Crippen LogP contribution in [0.5, 0.6) is 0 Å². The minimum Gasteiger partial charge on any atom is -0.354 e. The van der Waals surface area contributed by atoms with Crippen LogP contribution in [0.2, 0.25) is 0 Å². The number of rotatable bonds is 5. The number of halogens is 2. The Morgan fingerprint density at radius 3 is 2.84 bits per heavy atom. The molecule has 1 aliphatic rings. The summed E-state index contributed by atoms with van der Waals surface area (Å²) in [5, 5.41) is 15.1. The molecule has 166 valence electrons. The first kappa shape index (κ1) is 21.4. The minimum atomic E-state index is -2.66. The van der Waals surface area contributed by atoms with Crippen LogP contribution in [0.3, 0.4) is 0 Å². The number of benzene rings is 1. The quantitative estimate of drug-likeness (QED) is 0.418. The summed E-state index contributed by atoms with van der Waals surface area (Å²) >= 11 is 0. The van der Waals surface area contributed by atoms with Crippen molar-refractivity contribution in [3.63, 3.8) is 0 Å². The van der Waals surface area contributed by atoms with E-state index >= 15 is 0 Å². The number of aromatic nitrogens is 4. The maximum atomic E-state index is 13.9. The third kappa shape index (κ3) is 4.16. The van der Waals surface area contributed by atoms with Crippen molar-refractivity contribution in [1.29, 1.82) is 5.41 Å². The maximum Gasteiger partial charge on any atom is 0.269 e. The number of fused-ring (bicyclic) bond motifs is 1. The fourth-order valence-corrected chi connectivity index (χ4v) is 3.81. The van der Waals surface area contributed by atoms with E-state index in [2.05, 4.69) is 20.4 Å². The van der Waals surface area contributed by atoms with Gasteiger partial charge in [-0.05, 0) is 48.3 Å². The summed E-state index contributed by atoms with van der Waals surface area (Å²) in [4.78, 5) is 20.3. The average Bonchev–Trinajstić information content (AvgIpc) is 3.44. The van der Waals surface area contributed by atoms with Gasteiger partial charge in [0.05, 0.1) is 12.4 Å². The lowest BCUT2D eigenvalue weighted by atomic mass is 9.93. The van der Waals surface area contributed by atoms with Crippen LogP contribution in [0.1, 0.15) is 40.3 Å². The van der Waals surface area contributed by atoms with E-state index in [0.717, 1.165) is 18.4 Å². The largest absolute Gasteiger partial charge is 0.354 e. The summed E-state index contributed by atoms with van der Waals surface area (Å²) < 4.78 is 29.4. The molecule has 0 aliphatic carbocycles. The Balaban J connectivity index is 1.64. The van der Waals surface area contributed by atoms with Gasteiger partial charge in [-0.15, -0.1) is 0 Å². The lowest BCUT2D eigenvalue weighted by Crippen LogP contribution is -2.34. The third-order valence-electron chi connectivity index (χ3n) is 5.38. The summed E-state index contributed by atoms with van der Waals surface area (Å²) in [6, 6.07) is 3.28. The van der Waals surface area contributed by atoms with Gasteiger partial charge in [-0.25, -0.2) is 13.8 Å². The van der Waals surface area contributed by atoms with Crippen LogP contribution in [-0.4, -0.2) is 45.1 Å². The van der Waals surface area contributed by atoms with Crippen molar-refractivity contribution in [3.8, 4) is 11.1 Å². The second kappa shape index (κ2) is 8.74. The van der Waals surface area contributed by atoms with Gasteiger partial charge in [-0.1, -0.05) is 0 Å². The Morgan fingerprint density at radius 1 is 1.34 bits per heavy atom. The monoisotopic (exact) mass is 439 g/mol. The van der Waals surface area contributed by atoms with Gasteiger partial charge >= 0.3 is 0 Å². The molecule has 3 heterocycles. The molecule has 1 amide bonds. The molecule has 8 nitrogen and oxygen atoms in total. The number of anilines is 1. The van der Waals surface area contributed by atoms with E-state index in [-0.39, 0.29) is 17.3 Å². The van der Waals surface area contributed by atoms with Gasteiger partial charge in [-0.2, -0.15) is 5.10 Å². The first-order valence-electron chi connectivity index (χ1n) is 10.1. The second-order valence-corrected chi connectivity index (χ2v) is 7.51. The van der Waals surface area contributed by atoms with Crippen molar-refractivity contribution in [3.05, 3.63) is 59.4 Å². The molecule has 10 heteroatoms. The van der Waals surface area contributed by atoms with Crippen molar-refractivity contribution >= 4 is 23.5 Å². The van der Waals surface area contributed by atoms with Crippen LogP contribution in [0, 0.1) is 5.41 Å². The topological polar surface area (TPSA) is 103 Å². The zero-order valence-corrected chi connectivity index (χ0v) is 17.7. The molecular formula is C22H23F2N7O. The smallest absolute Gasteiger partial charge is 0.269 e. The van der Waals surface area contributed by atoms with Gasteiger partial charge in [-0.3, -0.25) is 14.9 Å². The summed E-state index contributed by atoms with van der Waals surface area (Å²) in [6.07, 6.45) is 6.71. The highest BCUT2D eigenvalue weighted by Crippen LogP contribution is 2.39. The molecule has 0 fully saturated rings. The zero-order valence-electron chi connectivity index (χ0n) is 17.7. The molecular weight excluding hydrogens is 416 g/mol. The SMILES string of the molecule is CNC(=O)c1cnc(/C=C\C(=N)N2CCCc3cc(-c4cnn(C)c4)c(C(F)F)cc32)[nH]1. The van der Waals surface area contributed by atoms with Crippen LogP contribution in [0.15, 0.2) is 36.8 Å². The molecule has 2 aromatic heterocycles. The zero-order chi connectivity index (χ0) is 22.8. The number of amides is 1. The molecule has 0 bridgehead atoms. The van der Waals surface area contributed by atoms with Crippen molar-refractivity contribution in [2.45, 2.75) is 19.3 Å². The number of hydrogen-bond acceptors (Lipinski definition) is 4. The molecule has 0 atom stereocenters. The predicted octanol–water partition coefficient (Wildman–Crippen LogP) is 3.55. The second-order valence-electron chi connectivity index (χ2n) is 7.51. The fourth-order valence-electron chi connectivity index (χ4n) is 3.81. The number of nitrogens with zero attached hydrogens (tertiary/aromatic N) is 4. The highest BCUT2D eigenvalue weighted by molar-refractivity contribution is 6.06. The molecule has 32 heavy (non-hydrogen) atoms. The number of carbonyl (C=O) groups excluding carboxylic acids is 1. The van der Waals surface area contributed by atoms with Crippen molar-refractivity contribution in [1.82, 2.24) is 25.1 Å². The molecule has 0 radical (unpaired) electrons. The van der Waals surface area contributed by atoms with Gasteiger partial charge in [0.15, 0.2) is 0 Å². The molecule has 0 spiro atoms. The van der Waals surface area contributed by atoms with E-state index in [1.165, 1.54) is 19.3 Å². The van der Waals surface area contributed by atoms with E-state index < -0.39 is 6.43 Å². The number of aryl methyl sites for hydroxylation is 2. The molecule has 3 N–H and O–H groups in total. The number of carbonyl (C=O) groups is 1. The molecule has 0 saturated heterocycles. The van der Waals surface area contributed by atoms with Gasteiger partial charge in [0.2, 0.25) is 0 Å². The molecule has 0 saturated carbocycles. The van der Waals surface area contributed by atoms with Crippen LogP contribution >= 0.6 is 0 Å². The standard InChI is InChI=1S/C22H23F2N7O/c1-26-22(32)17-11-27-20(29-17)6-5-19(25)31-7-3-4-13-8-15(14-10-28-30(2)12-14)16(21(23)24)9-18(13)31/h5-6,8-12,21,25H,3-4,7H2,1-2H3,(H,26,32)(H,27,29)/b6-5-,25-19?. The summed E-state index contributed by atoms with van der Waals surface area (Å²) in [7, 11) is 3.27. The first-order valence-corrected chi connectivity index (χ1v) is 10.1. The van der Waals surface area contributed by atoms with Gasteiger partial charge in [0.25, 0.3) is 12.3 Å². The third-order valence-corrected chi connectivity index (χ3v) is 5.38. The normalized spacial score (nSPS) is 13.6. The van der Waals surface area contributed by atoms with Crippen LogP contribution < -0.4 is 10.2 Å². The molecule has 1 aliphatic heterocycles. The lowest BCUT2D eigenvalue weighted by molar-refractivity contribution is 0.0958. The number of H-pyrrole nitrogens is 1. The number of amidine groups is 1. The van der Waals surface area contributed by atoms with Gasteiger partial charge in [0, 0.05) is 43.7 Å². The van der Waals surface area contributed by atoms with Gasteiger partial charge in [0.1, 0.15) is 17.4 Å². The van der Waals surface area contributed by atoms with E-state index in [0.29, 0.717) is 34.9 Å². The summed E-state index contributed by atoms with van der Waals surface area (Å²) in [5.41, 5.74) is 2.86. The molecule has 4 rings (SSSR count). The number of hydrogen-bond donors (Lipinski definition) is 3. The van der Waals surface area contributed by atoms with E-state index in [1.807, 2.05) is 0 Å². The highest BCUT2D eigenvalue weighted by atomic mass is 19.3. The maximum absolute atomic E-state index is 13.9. The Kier molecular flexibility index (Phi) is 5.85. The lowest BCUT2D eigenvalue weighted by Gasteiger charge is -2.31. The minimum absolute atomic E-state index is 0.0818. The van der Waals surface area contributed by atoms with Crippen molar-refractivity contribution < 1.29 is 13.6 Å². The van der Waals surface area contributed by atoms with Crippen LogP contribution in [0.4, 0.5) is 14.5 Å². The molecule has 1 aromatic carbocycles. The number of nitrogens with one attached hydrogen (secondary N) is 3. The fraction of sp³-hybridized carbons (Fsp3) is 0.273. The van der Waals surface area contributed by atoms with E-state index in [9.17, 15) is 13.6 Å². The van der Waals surface area contributed by atoms with Gasteiger partial charge < -0.3 is 15.2 Å². The first-order chi connectivity index (χ1) is 15.4. The van der Waals surface area contributed by atoms with Crippen LogP contribution in [0.25, 0.3) is 17.2 Å². The van der Waals surface area contributed by atoms with Crippen molar-refractivity contribution in [2.24, 2.45) is 7.05 Å². The molecule has 3 aromatic rings. The summed E-state index contributed by atoms with van der Waals surface area (Å²) in [5.74, 6) is 0.282. The Morgan fingerprint density at radius 2 is 2.16 bits per heavy atom. The number of alkyl halides is 2. The predicted molar refractivity (Wildman–Crippen MR) is 118 cm³/mol. The van der Waals surface area contributed by atoms with Crippen molar-refractivity contribution in [2.75, 3.05) is 18.5 Å². The number of aromatic amines is 1. The van der Waals surface area contributed by atoms with E-state index in [4.69, 9.17) is 5.41 Å². The molecule has 0 unspecified atom stereocenters. The Bertz CT molecular complexity index is 1190. The highest BCUT2D eigenvalue weighted by Gasteiger charge is 2.25. The number of imidazole rings is 1. The van der Waals surface area contributed by atoms with Crippen LogP contribution in [-0.2, 0) is 13.5 Å².